The molecule has 2 unspecified atom stereocenters. The van der Waals surface area contributed by atoms with Crippen molar-refractivity contribution in [3.05, 3.63) is 0 Å². The molecule has 0 aromatic rings. The highest BCUT2D eigenvalue weighted by Crippen LogP contribution is 2.28. The Bertz CT molecular complexity index is 318. The number of hydrogen-bond acceptors (Lipinski definition) is 4. The standard InChI is InChI=1S/C12H22N4O2/c1-15(10-4-2-3-9(10)7-13)5-6-16-11(17)8-14-12(16)18/h9-10H,2-8,13H2,1H3,(H,14,18). The molecule has 1 aliphatic carbocycles. The van der Waals surface area contributed by atoms with Crippen LogP contribution in [0.2, 0.25) is 0 Å². The van der Waals surface area contributed by atoms with Crippen molar-refractivity contribution in [2.24, 2.45) is 11.7 Å². The van der Waals surface area contributed by atoms with Crippen molar-refractivity contribution in [2.75, 3.05) is 33.2 Å². The maximum atomic E-state index is 11.4. The summed E-state index contributed by atoms with van der Waals surface area (Å²) in [6.07, 6.45) is 3.58. The fraction of sp³-hybridized carbons (Fsp3) is 0.833. The van der Waals surface area contributed by atoms with Gasteiger partial charge in [0, 0.05) is 19.1 Å². The molecule has 6 nitrogen and oxygen atoms in total. The largest absolute Gasteiger partial charge is 0.330 e. The lowest BCUT2D eigenvalue weighted by molar-refractivity contribution is -0.125. The molecule has 1 saturated heterocycles. The molecule has 2 rings (SSSR count). The van der Waals surface area contributed by atoms with Gasteiger partial charge < -0.3 is 16.0 Å². The minimum absolute atomic E-state index is 0.129. The van der Waals surface area contributed by atoms with Gasteiger partial charge in [-0.05, 0) is 32.4 Å². The highest BCUT2D eigenvalue weighted by molar-refractivity contribution is 6.01. The van der Waals surface area contributed by atoms with E-state index in [1.54, 1.807) is 0 Å². The van der Waals surface area contributed by atoms with Crippen LogP contribution in [-0.2, 0) is 4.79 Å². The van der Waals surface area contributed by atoms with Gasteiger partial charge in [-0.15, -0.1) is 0 Å². The molecule has 0 spiro atoms. The quantitative estimate of drug-likeness (QED) is 0.654. The molecule has 3 N–H and O–H groups in total. The van der Waals surface area contributed by atoms with Crippen molar-refractivity contribution in [1.82, 2.24) is 15.1 Å². The van der Waals surface area contributed by atoms with E-state index < -0.39 is 0 Å². The maximum Gasteiger partial charge on any atom is 0.324 e. The lowest BCUT2D eigenvalue weighted by Crippen LogP contribution is -2.43. The fourth-order valence-corrected chi connectivity index (χ4v) is 2.98. The Kier molecular flexibility index (Phi) is 4.19. The number of rotatable bonds is 5. The van der Waals surface area contributed by atoms with Crippen LogP contribution in [-0.4, -0.2) is 61.0 Å². The van der Waals surface area contributed by atoms with Crippen LogP contribution in [0.5, 0.6) is 0 Å². The normalized spacial score (nSPS) is 28.3. The molecule has 0 aromatic heterocycles. The van der Waals surface area contributed by atoms with Crippen LogP contribution in [0.4, 0.5) is 4.79 Å². The van der Waals surface area contributed by atoms with Crippen molar-refractivity contribution in [1.29, 1.82) is 0 Å². The Morgan fingerprint density at radius 3 is 2.83 bits per heavy atom. The van der Waals surface area contributed by atoms with Gasteiger partial charge in [0.25, 0.3) is 0 Å². The number of carbonyl (C=O) groups excluding carboxylic acids is 2. The van der Waals surface area contributed by atoms with E-state index in [4.69, 9.17) is 5.73 Å². The molecule has 3 amide bonds. The van der Waals surface area contributed by atoms with Crippen molar-refractivity contribution in [3.63, 3.8) is 0 Å². The van der Waals surface area contributed by atoms with Crippen LogP contribution in [0, 0.1) is 5.92 Å². The van der Waals surface area contributed by atoms with E-state index >= 15 is 0 Å². The van der Waals surface area contributed by atoms with E-state index in [2.05, 4.69) is 17.3 Å². The third kappa shape index (κ3) is 2.64. The summed E-state index contributed by atoms with van der Waals surface area (Å²) in [5, 5.41) is 2.53. The average Bonchev–Trinajstić information content (AvgIpc) is 2.94. The van der Waals surface area contributed by atoms with Gasteiger partial charge in [-0.25, -0.2) is 4.79 Å². The molecular weight excluding hydrogens is 232 g/mol. The predicted molar refractivity (Wildman–Crippen MR) is 67.9 cm³/mol. The number of urea groups is 1. The summed E-state index contributed by atoms with van der Waals surface area (Å²) in [5.74, 6) is 0.424. The molecular formula is C12H22N4O2. The van der Waals surface area contributed by atoms with Crippen LogP contribution in [0.1, 0.15) is 19.3 Å². The Hall–Kier alpha value is -1.14. The number of carbonyl (C=O) groups is 2. The van der Waals surface area contributed by atoms with Crippen LogP contribution in [0.3, 0.4) is 0 Å². The smallest absolute Gasteiger partial charge is 0.324 e. The first-order chi connectivity index (χ1) is 8.63. The highest BCUT2D eigenvalue weighted by Gasteiger charge is 2.32. The number of nitrogens with one attached hydrogen (secondary N) is 1. The number of hydrogen-bond donors (Lipinski definition) is 2. The number of likely N-dealkylation sites (N-methyl/N-ethyl adjacent to an activating group) is 1. The van der Waals surface area contributed by atoms with Gasteiger partial charge in [0.05, 0.1) is 6.54 Å². The second kappa shape index (κ2) is 5.67. The molecule has 18 heavy (non-hydrogen) atoms. The SMILES string of the molecule is CN(CCN1C(=O)CNC1=O)C1CCCC1CN. The van der Waals surface area contributed by atoms with E-state index in [-0.39, 0.29) is 18.5 Å². The van der Waals surface area contributed by atoms with Crippen molar-refractivity contribution in [3.8, 4) is 0 Å². The third-order valence-corrected chi connectivity index (χ3v) is 4.10. The Balaban J connectivity index is 1.82. The van der Waals surface area contributed by atoms with Gasteiger partial charge in [0.2, 0.25) is 5.91 Å². The topological polar surface area (TPSA) is 78.7 Å². The van der Waals surface area contributed by atoms with Gasteiger partial charge in [0.1, 0.15) is 0 Å². The van der Waals surface area contributed by atoms with Crippen LogP contribution in [0.15, 0.2) is 0 Å². The first-order valence-corrected chi connectivity index (χ1v) is 6.62. The monoisotopic (exact) mass is 254 g/mol. The molecule has 2 fully saturated rings. The van der Waals surface area contributed by atoms with Crippen molar-refractivity contribution in [2.45, 2.75) is 25.3 Å². The Morgan fingerprint density at radius 1 is 1.44 bits per heavy atom. The molecule has 6 heteroatoms. The molecule has 1 saturated carbocycles. The lowest BCUT2D eigenvalue weighted by Gasteiger charge is -2.30. The Labute approximate surface area is 107 Å². The molecule has 2 aliphatic rings. The van der Waals surface area contributed by atoms with E-state index in [1.807, 2.05) is 0 Å². The van der Waals surface area contributed by atoms with E-state index in [0.29, 0.717) is 18.5 Å². The number of imide groups is 1. The molecule has 102 valence electrons. The summed E-state index contributed by atoms with van der Waals surface area (Å²) in [4.78, 5) is 26.4. The van der Waals surface area contributed by atoms with Crippen LogP contribution >= 0.6 is 0 Å². The summed E-state index contributed by atoms with van der Waals surface area (Å²) >= 11 is 0. The zero-order chi connectivity index (χ0) is 13.1. The summed E-state index contributed by atoms with van der Waals surface area (Å²) in [7, 11) is 2.05. The molecule has 2 atom stereocenters. The van der Waals surface area contributed by atoms with Crippen LogP contribution in [0.25, 0.3) is 0 Å². The Morgan fingerprint density at radius 2 is 2.22 bits per heavy atom. The molecule has 0 radical (unpaired) electrons. The van der Waals surface area contributed by atoms with Gasteiger partial charge in [0.15, 0.2) is 0 Å². The fourth-order valence-electron chi connectivity index (χ4n) is 2.98. The van der Waals surface area contributed by atoms with Gasteiger partial charge >= 0.3 is 6.03 Å². The van der Waals surface area contributed by atoms with E-state index in [9.17, 15) is 9.59 Å². The number of nitrogens with zero attached hydrogens (tertiary/aromatic N) is 2. The second-order valence-electron chi connectivity index (χ2n) is 5.18. The zero-order valence-corrected chi connectivity index (χ0v) is 10.9. The first kappa shape index (κ1) is 13.3. The van der Waals surface area contributed by atoms with Crippen molar-refractivity contribution >= 4 is 11.9 Å². The summed E-state index contributed by atoms with van der Waals surface area (Å²) in [6, 6.07) is 0.228. The predicted octanol–water partition coefficient (Wildman–Crippen LogP) is -0.403. The van der Waals surface area contributed by atoms with Crippen LogP contribution < -0.4 is 11.1 Å². The number of nitrogens with two attached hydrogens (primary N) is 1. The second-order valence-corrected chi connectivity index (χ2v) is 5.18. The highest BCUT2D eigenvalue weighted by atomic mass is 16.2. The van der Waals surface area contributed by atoms with Gasteiger partial charge in [-0.1, -0.05) is 6.42 Å². The van der Waals surface area contributed by atoms with Crippen molar-refractivity contribution < 1.29 is 9.59 Å². The van der Waals surface area contributed by atoms with Gasteiger partial charge in [-0.2, -0.15) is 0 Å². The minimum Gasteiger partial charge on any atom is -0.330 e. The zero-order valence-electron chi connectivity index (χ0n) is 10.9. The first-order valence-electron chi connectivity index (χ1n) is 6.62. The van der Waals surface area contributed by atoms with Gasteiger partial charge in [-0.3, -0.25) is 9.69 Å². The summed E-state index contributed by atoms with van der Waals surface area (Å²) in [5.41, 5.74) is 5.77. The number of amides is 3. The maximum absolute atomic E-state index is 11.4. The molecule has 1 heterocycles. The average molecular weight is 254 g/mol. The third-order valence-electron chi connectivity index (χ3n) is 4.10. The van der Waals surface area contributed by atoms with E-state index in [1.165, 1.54) is 24.2 Å². The molecule has 1 aliphatic heterocycles. The summed E-state index contributed by atoms with van der Waals surface area (Å²) in [6.45, 7) is 2.05. The molecule has 0 aromatic carbocycles. The molecule has 0 bridgehead atoms. The lowest BCUT2D eigenvalue weighted by atomic mass is 10.0. The minimum atomic E-state index is -0.268. The summed E-state index contributed by atoms with van der Waals surface area (Å²) < 4.78 is 0. The van der Waals surface area contributed by atoms with E-state index in [0.717, 1.165) is 13.1 Å².